The summed E-state index contributed by atoms with van der Waals surface area (Å²) in [5.41, 5.74) is 0.510. The third-order valence-corrected chi connectivity index (χ3v) is 2.62. The number of benzene rings is 1. The molecule has 2 rings (SSSR count). The van der Waals surface area contributed by atoms with E-state index in [1.807, 2.05) is 0 Å². The van der Waals surface area contributed by atoms with E-state index in [9.17, 15) is 18.4 Å². The van der Waals surface area contributed by atoms with Crippen LogP contribution in [-0.2, 0) is 4.79 Å². The Labute approximate surface area is 118 Å². The number of furan rings is 1. The summed E-state index contributed by atoms with van der Waals surface area (Å²) in [6.07, 6.45) is 2.66. The van der Waals surface area contributed by atoms with E-state index >= 15 is 0 Å². The maximum Gasteiger partial charge on any atom is 0.254 e. The molecule has 1 aromatic heterocycles. The molecule has 0 saturated carbocycles. The molecule has 0 unspecified atom stereocenters. The second-order valence-electron chi connectivity index (χ2n) is 4.19. The minimum absolute atomic E-state index is 0.00257. The standard InChI is InChI=1S/C14H12F2N2O3/c15-11-2-1-10(7-12(11)16)18-13(19)3-5-17-14(20)9-4-6-21-8-9/h1-2,4,6-8H,3,5H2,(H,17,20)(H,18,19). The van der Waals surface area contributed by atoms with E-state index in [1.165, 1.54) is 24.7 Å². The largest absolute Gasteiger partial charge is 0.472 e. The zero-order chi connectivity index (χ0) is 15.2. The summed E-state index contributed by atoms with van der Waals surface area (Å²) in [4.78, 5) is 23.1. The smallest absolute Gasteiger partial charge is 0.254 e. The molecule has 2 N–H and O–H groups in total. The van der Waals surface area contributed by atoms with E-state index in [4.69, 9.17) is 4.42 Å². The van der Waals surface area contributed by atoms with Gasteiger partial charge in [-0.2, -0.15) is 0 Å². The number of hydrogen-bond acceptors (Lipinski definition) is 3. The first kappa shape index (κ1) is 14.7. The van der Waals surface area contributed by atoms with Crippen LogP contribution in [0.1, 0.15) is 16.8 Å². The predicted octanol–water partition coefficient (Wildman–Crippen LogP) is 2.32. The minimum atomic E-state index is -1.04. The highest BCUT2D eigenvalue weighted by atomic mass is 19.2. The fourth-order valence-corrected chi connectivity index (χ4v) is 1.58. The molecule has 5 nitrogen and oxygen atoms in total. The van der Waals surface area contributed by atoms with E-state index < -0.39 is 17.5 Å². The van der Waals surface area contributed by atoms with Crippen LogP contribution in [0.5, 0.6) is 0 Å². The predicted molar refractivity (Wildman–Crippen MR) is 70.6 cm³/mol. The van der Waals surface area contributed by atoms with Crippen molar-refractivity contribution in [3.63, 3.8) is 0 Å². The Morgan fingerprint density at radius 2 is 1.95 bits per heavy atom. The van der Waals surface area contributed by atoms with Crippen LogP contribution < -0.4 is 10.6 Å². The quantitative estimate of drug-likeness (QED) is 0.889. The molecule has 1 heterocycles. The summed E-state index contributed by atoms with van der Waals surface area (Å²) >= 11 is 0. The lowest BCUT2D eigenvalue weighted by molar-refractivity contribution is -0.116. The lowest BCUT2D eigenvalue weighted by Gasteiger charge is -2.06. The number of halogens is 2. The zero-order valence-electron chi connectivity index (χ0n) is 10.9. The molecule has 2 aromatic rings. The average molecular weight is 294 g/mol. The van der Waals surface area contributed by atoms with Crippen LogP contribution in [-0.4, -0.2) is 18.4 Å². The normalized spacial score (nSPS) is 10.2. The van der Waals surface area contributed by atoms with Crippen LogP contribution in [0.15, 0.2) is 41.2 Å². The van der Waals surface area contributed by atoms with Crippen LogP contribution in [0, 0.1) is 11.6 Å². The van der Waals surface area contributed by atoms with E-state index in [0.717, 1.165) is 12.1 Å². The zero-order valence-corrected chi connectivity index (χ0v) is 10.9. The van der Waals surface area contributed by atoms with Gasteiger partial charge in [-0.3, -0.25) is 9.59 Å². The minimum Gasteiger partial charge on any atom is -0.472 e. The summed E-state index contributed by atoms with van der Waals surface area (Å²) < 4.78 is 30.4. The van der Waals surface area contributed by atoms with Crippen LogP contribution in [0.4, 0.5) is 14.5 Å². The molecule has 0 aliphatic heterocycles. The van der Waals surface area contributed by atoms with Crippen molar-refractivity contribution in [3.05, 3.63) is 54.0 Å². The monoisotopic (exact) mass is 294 g/mol. The number of hydrogen-bond donors (Lipinski definition) is 2. The lowest BCUT2D eigenvalue weighted by Crippen LogP contribution is -2.27. The molecule has 0 radical (unpaired) electrons. The maximum absolute atomic E-state index is 13.0. The fraction of sp³-hybridized carbons (Fsp3) is 0.143. The Morgan fingerprint density at radius 1 is 1.14 bits per heavy atom. The van der Waals surface area contributed by atoms with Gasteiger partial charge in [0.15, 0.2) is 11.6 Å². The van der Waals surface area contributed by atoms with Gasteiger partial charge < -0.3 is 15.1 Å². The molecule has 0 fully saturated rings. The van der Waals surface area contributed by atoms with Gasteiger partial charge in [0.05, 0.1) is 11.8 Å². The van der Waals surface area contributed by atoms with Crippen LogP contribution >= 0.6 is 0 Å². The first-order valence-corrected chi connectivity index (χ1v) is 6.11. The molecular formula is C14H12F2N2O3. The average Bonchev–Trinajstić information content (AvgIpc) is 2.97. The van der Waals surface area contributed by atoms with Gasteiger partial charge in [-0.05, 0) is 18.2 Å². The van der Waals surface area contributed by atoms with E-state index in [0.29, 0.717) is 5.56 Å². The molecule has 0 atom stereocenters. The second kappa shape index (κ2) is 6.65. The number of carbonyl (C=O) groups is 2. The number of anilines is 1. The molecule has 0 aliphatic rings. The third kappa shape index (κ3) is 4.13. The molecular weight excluding hydrogens is 282 g/mol. The maximum atomic E-state index is 13.0. The number of nitrogens with one attached hydrogen (secondary N) is 2. The summed E-state index contributed by atoms with van der Waals surface area (Å²) in [5.74, 6) is -2.81. The highest BCUT2D eigenvalue weighted by molar-refractivity contribution is 5.94. The molecule has 2 amide bonds. The van der Waals surface area contributed by atoms with Gasteiger partial charge in [-0.15, -0.1) is 0 Å². The van der Waals surface area contributed by atoms with Gasteiger partial charge in [0.2, 0.25) is 5.91 Å². The Bertz CT molecular complexity index is 642. The van der Waals surface area contributed by atoms with Crippen molar-refractivity contribution >= 4 is 17.5 Å². The van der Waals surface area contributed by atoms with Gasteiger partial charge in [0.1, 0.15) is 6.26 Å². The Kier molecular flexibility index (Phi) is 4.65. The summed E-state index contributed by atoms with van der Waals surface area (Å²) in [6, 6.07) is 4.56. The van der Waals surface area contributed by atoms with Crippen molar-refractivity contribution in [1.29, 1.82) is 0 Å². The molecule has 0 spiro atoms. The van der Waals surface area contributed by atoms with Crippen LogP contribution in [0.2, 0.25) is 0 Å². The lowest BCUT2D eigenvalue weighted by atomic mass is 10.2. The van der Waals surface area contributed by atoms with Crippen LogP contribution in [0.3, 0.4) is 0 Å². The van der Waals surface area contributed by atoms with Crippen molar-refractivity contribution in [1.82, 2.24) is 5.32 Å². The Hall–Kier alpha value is -2.70. The van der Waals surface area contributed by atoms with Crippen molar-refractivity contribution in [2.75, 3.05) is 11.9 Å². The van der Waals surface area contributed by atoms with E-state index in [2.05, 4.69) is 10.6 Å². The van der Waals surface area contributed by atoms with Crippen molar-refractivity contribution in [2.24, 2.45) is 0 Å². The fourth-order valence-electron chi connectivity index (χ4n) is 1.58. The van der Waals surface area contributed by atoms with E-state index in [1.54, 1.807) is 0 Å². The van der Waals surface area contributed by atoms with Gasteiger partial charge in [-0.1, -0.05) is 0 Å². The SMILES string of the molecule is O=C(CCNC(=O)c1ccoc1)Nc1ccc(F)c(F)c1. The third-order valence-electron chi connectivity index (χ3n) is 2.62. The van der Waals surface area contributed by atoms with Gasteiger partial charge >= 0.3 is 0 Å². The molecule has 0 bridgehead atoms. The molecule has 0 aliphatic carbocycles. The van der Waals surface area contributed by atoms with Crippen molar-refractivity contribution < 1.29 is 22.8 Å². The summed E-state index contributed by atoms with van der Waals surface area (Å²) in [6.45, 7) is 0.111. The molecule has 1 aromatic carbocycles. The van der Waals surface area contributed by atoms with E-state index in [-0.39, 0.29) is 24.6 Å². The highest BCUT2D eigenvalue weighted by Gasteiger charge is 2.09. The van der Waals surface area contributed by atoms with Gasteiger partial charge in [0.25, 0.3) is 5.91 Å². The number of amides is 2. The van der Waals surface area contributed by atoms with Crippen LogP contribution in [0.25, 0.3) is 0 Å². The van der Waals surface area contributed by atoms with Gasteiger partial charge in [0, 0.05) is 24.7 Å². The van der Waals surface area contributed by atoms with Gasteiger partial charge in [-0.25, -0.2) is 8.78 Å². The highest BCUT2D eigenvalue weighted by Crippen LogP contribution is 2.13. The molecule has 110 valence electrons. The first-order valence-electron chi connectivity index (χ1n) is 6.11. The first-order chi connectivity index (χ1) is 10.1. The molecule has 0 saturated heterocycles. The number of carbonyl (C=O) groups excluding carboxylic acids is 2. The van der Waals surface area contributed by atoms with Crippen molar-refractivity contribution in [2.45, 2.75) is 6.42 Å². The summed E-state index contributed by atoms with van der Waals surface area (Å²) in [7, 11) is 0. The summed E-state index contributed by atoms with van der Waals surface area (Å²) in [5, 5.41) is 4.93. The number of rotatable bonds is 5. The van der Waals surface area contributed by atoms with Crippen molar-refractivity contribution in [3.8, 4) is 0 Å². The molecule has 7 heteroatoms. The second-order valence-corrected chi connectivity index (χ2v) is 4.19. The topological polar surface area (TPSA) is 71.3 Å². The Balaban J connectivity index is 1.77. The molecule has 21 heavy (non-hydrogen) atoms. The Morgan fingerprint density at radius 3 is 2.62 bits per heavy atom.